The number of phosphoric acid groups is 1. The first-order chi connectivity index (χ1) is 15.4. The van der Waals surface area contributed by atoms with Crippen LogP contribution in [0.5, 0.6) is 17.2 Å². The summed E-state index contributed by atoms with van der Waals surface area (Å²) in [5, 5.41) is 0. The number of fused-ring (bicyclic) bond motifs is 3. The first-order valence-electron chi connectivity index (χ1n) is 11.5. The smallest absolute Gasteiger partial charge is 0.386 e. The molecule has 0 radical (unpaired) electrons. The molecular formula is C27H27O4P. The minimum absolute atomic E-state index is 0.366. The number of phosphoric ester groups is 1. The second-order valence-corrected chi connectivity index (χ2v) is 11.0. The van der Waals surface area contributed by atoms with Gasteiger partial charge >= 0.3 is 7.82 Å². The fraction of sp³-hybridized carbons (Fsp3) is 0.333. The minimum Gasteiger partial charge on any atom is -0.386 e. The molecule has 0 aliphatic heterocycles. The summed E-state index contributed by atoms with van der Waals surface area (Å²) < 4.78 is 32.7. The zero-order valence-electron chi connectivity index (χ0n) is 18.6. The van der Waals surface area contributed by atoms with Crippen molar-refractivity contribution in [1.82, 2.24) is 0 Å². The molecule has 164 valence electrons. The lowest BCUT2D eigenvalue weighted by atomic mass is 9.78. The Labute approximate surface area is 189 Å². The Morgan fingerprint density at radius 1 is 0.594 bits per heavy atom. The molecule has 3 aliphatic rings. The summed E-state index contributed by atoms with van der Waals surface area (Å²) in [6.45, 7) is 6.47. The van der Waals surface area contributed by atoms with Crippen molar-refractivity contribution >= 4 is 7.82 Å². The molecule has 3 atom stereocenters. The maximum Gasteiger partial charge on any atom is 0.647 e. The highest BCUT2D eigenvalue weighted by molar-refractivity contribution is 7.49. The molecule has 0 aromatic heterocycles. The van der Waals surface area contributed by atoms with Crippen molar-refractivity contribution < 1.29 is 18.1 Å². The largest absolute Gasteiger partial charge is 0.647 e. The zero-order chi connectivity index (χ0) is 22.0. The van der Waals surface area contributed by atoms with E-state index >= 15 is 0 Å². The molecule has 0 bridgehead atoms. The van der Waals surface area contributed by atoms with Gasteiger partial charge in [-0.3, -0.25) is 0 Å². The lowest BCUT2D eigenvalue weighted by Crippen LogP contribution is -2.20. The number of hydrogen-bond acceptors (Lipinski definition) is 4. The van der Waals surface area contributed by atoms with Gasteiger partial charge in [0.2, 0.25) is 0 Å². The molecule has 0 N–H and O–H groups in total. The van der Waals surface area contributed by atoms with Crippen molar-refractivity contribution in [3.05, 3.63) is 88.0 Å². The summed E-state index contributed by atoms with van der Waals surface area (Å²) in [6, 6.07) is 17.7. The van der Waals surface area contributed by atoms with Crippen LogP contribution in [0.3, 0.4) is 0 Å². The van der Waals surface area contributed by atoms with E-state index in [-0.39, 0.29) is 0 Å². The van der Waals surface area contributed by atoms with Crippen LogP contribution >= 0.6 is 7.82 Å². The predicted molar refractivity (Wildman–Crippen MR) is 125 cm³/mol. The van der Waals surface area contributed by atoms with E-state index in [2.05, 4.69) is 39.0 Å². The Morgan fingerprint density at radius 2 is 0.906 bits per heavy atom. The Hall–Kier alpha value is -2.71. The standard InChI is InChI=1S/C27H27O4P/c1-16-13-19-7-4-10-22(25(16)19)29-32(28,30-23-11-5-8-20-14-17(2)26(20)23)31-24-12-6-9-21-15-18(3)27(21)24/h4-12,16-18H,13-15H2,1-3H3. The molecule has 0 fully saturated rings. The van der Waals surface area contributed by atoms with Crippen LogP contribution in [0.1, 0.15) is 71.9 Å². The molecule has 4 nitrogen and oxygen atoms in total. The molecule has 32 heavy (non-hydrogen) atoms. The summed E-state index contributed by atoms with van der Waals surface area (Å²) in [6.07, 6.45) is 3.02. The summed E-state index contributed by atoms with van der Waals surface area (Å²) in [5.74, 6) is 2.88. The van der Waals surface area contributed by atoms with Crippen LogP contribution < -0.4 is 13.6 Å². The van der Waals surface area contributed by atoms with Crippen molar-refractivity contribution in [2.75, 3.05) is 0 Å². The molecule has 6 rings (SSSR count). The van der Waals surface area contributed by atoms with Gasteiger partial charge in [0.15, 0.2) is 0 Å². The average molecular weight is 446 g/mol. The first kappa shape index (κ1) is 19.9. The highest BCUT2D eigenvalue weighted by Crippen LogP contribution is 2.57. The van der Waals surface area contributed by atoms with Crippen LogP contribution in [0.15, 0.2) is 54.6 Å². The van der Waals surface area contributed by atoms with Gasteiger partial charge in [0.1, 0.15) is 17.2 Å². The normalized spacial score (nSPS) is 23.8. The van der Waals surface area contributed by atoms with Crippen LogP contribution in [0.2, 0.25) is 0 Å². The van der Waals surface area contributed by atoms with Crippen LogP contribution in [-0.2, 0) is 23.8 Å². The van der Waals surface area contributed by atoms with E-state index < -0.39 is 7.82 Å². The van der Waals surface area contributed by atoms with Gasteiger partial charge in [0, 0.05) is 16.7 Å². The van der Waals surface area contributed by atoms with Gasteiger partial charge in [-0.25, -0.2) is 0 Å². The topological polar surface area (TPSA) is 44.8 Å². The number of rotatable bonds is 6. The Kier molecular flexibility index (Phi) is 4.45. The number of benzene rings is 3. The molecule has 3 aromatic carbocycles. The van der Waals surface area contributed by atoms with Crippen molar-refractivity contribution in [2.45, 2.75) is 57.8 Å². The first-order valence-corrected chi connectivity index (χ1v) is 12.9. The minimum atomic E-state index is -4.00. The zero-order valence-corrected chi connectivity index (χ0v) is 19.5. The third-order valence-corrected chi connectivity index (χ3v) is 8.42. The monoisotopic (exact) mass is 446 g/mol. The van der Waals surface area contributed by atoms with Crippen molar-refractivity contribution in [3.63, 3.8) is 0 Å². The van der Waals surface area contributed by atoms with E-state index in [0.29, 0.717) is 35.0 Å². The van der Waals surface area contributed by atoms with Crippen LogP contribution in [0.4, 0.5) is 0 Å². The van der Waals surface area contributed by atoms with Gasteiger partial charge in [-0.2, -0.15) is 4.57 Å². The molecule has 0 amide bonds. The molecule has 0 saturated carbocycles. The maximum atomic E-state index is 14.2. The van der Waals surface area contributed by atoms with Gasteiger partial charge in [0.25, 0.3) is 0 Å². The Morgan fingerprint density at radius 3 is 1.19 bits per heavy atom. The summed E-state index contributed by atoms with van der Waals surface area (Å²) >= 11 is 0. The van der Waals surface area contributed by atoms with Crippen molar-refractivity contribution in [2.24, 2.45) is 0 Å². The van der Waals surface area contributed by atoms with E-state index in [4.69, 9.17) is 13.6 Å². The lowest BCUT2D eigenvalue weighted by Gasteiger charge is -2.33. The third kappa shape index (κ3) is 3.08. The van der Waals surface area contributed by atoms with Crippen molar-refractivity contribution in [1.29, 1.82) is 0 Å². The number of hydrogen-bond donors (Lipinski definition) is 0. The highest BCUT2D eigenvalue weighted by Gasteiger charge is 2.40. The second kappa shape index (κ2) is 7.15. The fourth-order valence-corrected chi connectivity index (χ4v) is 6.85. The molecule has 3 unspecified atom stereocenters. The van der Waals surface area contributed by atoms with Gasteiger partial charge < -0.3 is 13.6 Å². The van der Waals surface area contributed by atoms with Crippen LogP contribution in [-0.4, -0.2) is 0 Å². The van der Waals surface area contributed by atoms with Gasteiger partial charge in [-0.1, -0.05) is 57.2 Å². The molecule has 0 spiro atoms. The third-order valence-electron chi connectivity index (χ3n) is 7.16. The SMILES string of the molecule is CC1Cc2cccc(OP(=O)(Oc3cccc4c3C(C)C4)Oc3cccc4c3C(C)C4)c21. The predicted octanol–water partition coefficient (Wildman–Crippen LogP) is 7.31. The quantitative estimate of drug-likeness (QED) is 0.372. The summed E-state index contributed by atoms with van der Waals surface area (Å²) in [5.41, 5.74) is 7.00. The van der Waals surface area contributed by atoms with Gasteiger partial charge in [0.05, 0.1) is 0 Å². The van der Waals surface area contributed by atoms with Gasteiger partial charge in [-0.05, 0) is 71.9 Å². The lowest BCUT2D eigenvalue weighted by molar-refractivity contribution is 0.291. The Balaban J connectivity index is 1.40. The summed E-state index contributed by atoms with van der Waals surface area (Å²) in [4.78, 5) is 0. The molecule has 0 heterocycles. The highest BCUT2D eigenvalue weighted by atomic mass is 31.2. The van der Waals surface area contributed by atoms with Crippen molar-refractivity contribution in [3.8, 4) is 17.2 Å². The molecule has 5 heteroatoms. The molecule has 3 aliphatic carbocycles. The van der Waals surface area contributed by atoms with E-state index in [1.807, 2.05) is 36.4 Å². The fourth-order valence-electron chi connectivity index (χ4n) is 5.54. The van der Waals surface area contributed by atoms with E-state index in [9.17, 15) is 4.57 Å². The van der Waals surface area contributed by atoms with E-state index in [1.165, 1.54) is 16.7 Å². The van der Waals surface area contributed by atoms with Crippen LogP contribution in [0.25, 0.3) is 0 Å². The Bertz CT molecular complexity index is 1120. The second-order valence-electron chi connectivity index (χ2n) is 9.52. The van der Waals surface area contributed by atoms with Crippen LogP contribution in [0, 0.1) is 0 Å². The molecule has 0 saturated heterocycles. The summed E-state index contributed by atoms with van der Waals surface area (Å²) in [7, 11) is -4.00. The average Bonchev–Trinajstić information content (AvgIpc) is 2.70. The molecule has 3 aromatic rings. The molecular weight excluding hydrogens is 419 g/mol. The van der Waals surface area contributed by atoms with Gasteiger partial charge in [-0.15, -0.1) is 0 Å². The van der Waals surface area contributed by atoms with E-state index in [1.54, 1.807) is 0 Å². The maximum absolute atomic E-state index is 14.2. The van der Waals surface area contributed by atoms with E-state index in [0.717, 1.165) is 36.0 Å².